The van der Waals surface area contributed by atoms with Gasteiger partial charge in [0.1, 0.15) is 6.20 Å². The van der Waals surface area contributed by atoms with Crippen LogP contribution in [0.5, 0.6) is 0 Å². The van der Waals surface area contributed by atoms with Crippen molar-refractivity contribution in [1.29, 1.82) is 0 Å². The molecule has 29 heavy (non-hydrogen) atoms. The van der Waals surface area contributed by atoms with Crippen molar-refractivity contribution in [2.24, 2.45) is 7.05 Å². The Balaban J connectivity index is 1.81. The molecule has 1 atom stereocenters. The van der Waals surface area contributed by atoms with Crippen LogP contribution in [0.25, 0.3) is 22.8 Å². The summed E-state index contributed by atoms with van der Waals surface area (Å²) in [4.78, 5) is 0. The van der Waals surface area contributed by atoms with E-state index in [2.05, 4.69) is 71.5 Å². The van der Waals surface area contributed by atoms with Gasteiger partial charge in [0, 0.05) is 20.9 Å². The highest BCUT2D eigenvalue weighted by Gasteiger charge is 2.47. The molecule has 5 rings (SSSR count). The molecular weight excluding hydrogens is 492 g/mol. The molecule has 3 aromatic carbocycles. The molecule has 0 spiro atoms. The number of rotatable bonds is 2. The van der Waals surface area contributed by atoms with Crippen molar-refractivity contribution in [3.8, 4) is 0 Å². The molecule has 0 amide bonds. The SMILES string of the molecule is C[n+]1c2n(c3ccccc31)C=C(c1ccc(Br)cc1)CC2(O)c1ccc(Br)cc1. The van der Waals surface area contributed by atoms with Gasteiger partial charge in [-0.05, 0) is 47.5 Å². The van der Waals surface area contributed by atoms with Crippen LogP contribution in [0.3, 0.4) is 0 Å². The number of hydrogen-bond donors (Lipinski definition) is 1. The molecule has 5 heteroatoms. The predicted molar refractivity (Wildman–Crippen MR) is 123 cm³/mol. The van der Waals surface area contributed by atoms with Gasteiger partial charge in [-0.25, -0.2) is 4.57 Å². The molecule has 0 bridgehead atoms. The third kappa shape index (κ3) is 3.00. The van der Waals surface area contributed by atoms with Gasteiger partial charge in [-0.15, -0.1) is 0 Å². The van der Waals surface area contributed by atoms with E-state index in [4.69, 9.17) is 0 Å². The van der Waals surface area contributed by atoms with Crippen LogP contribution in [-0.4, -0.2) is 9.67 Å². The predicted octanol–water partition coefficient (Wildman–Crippen LogP) is 5.63. The molecule has 1 aromatic heterocycles. The quantitative estimate of drug-likeness (QED) is 0.348. The van der Waals surface area contributed by atoms with Crippen LogP contribution in [0.1, 0.15) is 23.4 Å². The summed E-state index contributed by atoms with van der Waals surface area (Å²) < 4.78 is 6.28. The first-order chi connectivity index (χ1) is 14.0. The summed E-state index contributed by atoms with van der Waals surface area (Å²) in [6.45, 7) is 0. The molecule has 3 nitrogen and oxygen atoms in total. The maximum atomic E-state index is 12.1. The Morgan fingerprint density at radius 1 is 0.897 bits per heavy atom. The Morgan fingerprint density at radius 3 is 2.21 bits per heavy atom. The first kappa shape index (κ1) is 18.8. The Hall–Kier alpha value is -2.21. The summed E-state index contributed by atoms with van der Waals surface area (Å²) in [5, 5.41) is 12.1. The second kappa shape index (κ2) is 6.94. The minimum atomic E-state index is -1.15. The van der Waals surface area contributed by atoms with E-state index in [0.717, 1.165) is 42.5 Å². The molecule has 0 radical (unpaired) electrons. The fourth-order valence-electron chi connectivity index (χ4n) is 4.30. The maximum absolute atomic E-state index is 12.1. The number of halogens is 2. The van der Waals surface area contributed by atoms with E-state index in [1.807, 2.05) is 55.6 Å². The van der Waals surface area contributed by atoms with Gasteiger partial charge >= 0.3 is 0 Å². The lowest BCUT2D eigenvalue weighted by atomic mass is 9.82. The maximum Gasteiger partial charge on any atom is 0.299 e. The van der Waals surface area contributed by atoms with E-state index in [1.165, 1.54) is 0 Å². The van der Waals surface area contributed by atoms with E-state index in [0.29, 0.717) is 6.42 Å². The van der Waals surface area contributed by atoms with E-state index < -0.39 is 5.60 Å². The smallest absolute Gasteiger partial charge is 0.299 e. The van der Waals surface area contributed by atoms with Crippen molar-refractivity contribution >= 4 is 54.7 Å². The minimum absolute atomic E-state index is 0.500. The van der Waals surface area contributed by atoms with E-state index in [9.17, 15) is 5.11 Å². The largest absolute Gasteiger partial charge is 0.373 e. The molecule has 0 aliphatic carbocycles. The average Bonchev–Trinajstić information content (AvgIpc) is 3.02. The summed E-state index contributed by atoms with van der Waals surface area (Å²) in [7, 11) is 2.02. The number of fused-ring (bicyclic) bond motifs is 3. The van der Waals surface area contributed by atoms with Crippen LogP contribution in [0, 0.1) is 0 Å². The first-order valence-electron chi connectivity index (χ1n) is 9.42. The van der Waals surface area contributed by atoms with Crippen molar-refractivity contribution in [3.05, 3.63) is 98.7 Å². The molecule has 2 heterocycles. The normalized spacial score (nSPS) is 18.6. The van der Waals surface area contributed by atoms with E-state index in [1.54, 1.807) is 0 Å². The number of para-hydroxylation sites is 2. The molecule has 0 saturated carbocycles. The summed E-state index contributed by atoms with van der Waals surface area (Å²) in [5.41, 5.74) is 4.10. The van der Waals surface area contributed by atoms with Crippen LogP contribution < -0.4 is 4.57 Å². The van der Waals surface area contributed by atoms with Gasteiger partial charge in [-0.3, -0.25) is 0 Å². The van der Waals surface area contributed by atoms with Gasteiger partial charge < -0.3 is 5.11 Å². The van der Waals surface area contributed by atoms with Crippen molar-refractivity contribution in [2.45, 2.75) is 12.0 Å². The number of hydrogen-bond acceptors (Lipinski definition) is 1. The Bertz CT molecular complexity index is 1260. The fraction of sp³-hybridized carbons (Fsp3) is 0.125. The second-order valence-electron chi connectivity index (χ2n) is 7.45. The zero-order chi connectivity index (χ0) is 20.2. The summed E-state index contributed by atoms with van der Waals surface area (Å²) in [5.74, 6) is 0.863. The molecule has 1 unspecified atom stereocenters. The Kier molecular flexibility index (Phi) is 4.50. The molecule has 1 aliphatic rings. The van der Waals surface area contributed by atoms with Gasteiger partial charge in [-0.1, -0.05) is 68.3 Å². The van der Waals surface area contributed by atoms with Gasteiger partial charge in [-0.2, -0.15) is 4.57 Å². The number of aliphatic hydroxyl groups is 1. The van der Waals surface area contributed by atoms with Gasteiger partial charge in [0.15, 0.2) is 16.6 Å². The molecule has 4 aromatic rings. The number of aromatic nitrogens is 2. The van der Waals surface area contributed by atoms with Gasteiger partial charge in [0.2, 0.25) is 0 Å². The molecule has 1 aliphatic heterocycles. The zero-order valence-electron chi connectivity index (χ0n) is 15.8. The monoisotopic (exact) mass is 509 g/mol. The molecule has 1 N–H and O–H groups in total. The van der Waals surface area contributed by atoms with Crippen LogP contribution in [0.15, 0.2) is 81.7 Å². The van der Waals surface area contributed by atoms with E-state index in [-0.39, 0.29) is 0 Å². The van der Waals surface area contributed by atoms with Crippen LogP contribution in [0.4, 0.5) is 0 Å². The number of imidazole rings is 1. The van der Waals surface area contributed by atoms with Crippen molar-refractivity contribution in [2.75, 3.05) is 0 Å². The topological polar surface area (TPSA) is 29.0 Å². The van der Waals surface area contributed by atoms with Crippen molar-refractivity contribution in [3.63, 3.8) is 0 Å². The first-order valence-corrected chi connectivity index (χ1v) is 11.0. The molecule has 0 saturated heterocycles. The lowest BCUT2D eigenvalue weighted by Gasteiger charge is -2.30. The Labute approximate surface area is 186 Å². The minimum Gasteiger partial charge on any atom is -0.373 e. The zero-order valence-corrected chi connectivity index (χ0v) is 19.0. The number of aryl methyl sites for hydroxylation is 1. The third-order valence-corrected chi connectivity index (χ3v) is 6.74. The van der Waals surface area contributed by atoms with Crippen molar-refractivity contribution in [1.82, 2.24) is 4.57 Å². The van der Waals surface area contributed by atoms with Crippen LogP contribution in [-0.2, 0) is 12.6 Å². The van der Waals surface area contributed by atoms with Gasteiger partial charge in [0.25, 0.3) is 5.82 Å². The highest BCUT2D eigenvalue weighted by atomic mass is 79.9. The molecule has 144 valence electrons. The summed E-state index contributed by atoms with van der Waals surface area (Å²) in [6.07, 6.45) is 2.66. The third-order valence-electron chi connectivity index (χ3n) is 5.69. The molecule has 0 fully saturated rings. The summed E-state index contributed by atoms with van der Waals surface area (Å²) >= 11 is 7.02. The highest BCUT2D eigenvalue weighted by molar-refractivity contribution is 9.10. The van der Waals surface area contributed by atoms with Crippen molar-refractivity contribution < 1.29 is 9.67 Å². The average molecular weight is 511 g/mol. The Morgan fingerprint density at radius 2 is 1.52 bits per heavy atom. The fourth-order valence-corrected chi connectivity index (χ4v) is 4.83. The van der Waals surface area contributed by atoms with E-state index >= 15 is 0 Å². The standard InChI is InChI=1S/C24H19Br2N2O/c1-27-21-4-2-3-5-22(21)28-15-17(16-6-10-19(25)11-7-16)14-24(29,23(27)28)18-8-12-20(26)13-9-18/h2-13,15,29H,14H2,1H3/q+1. The molecular formula is C24H19Br2N2O+. The van der Waals surface area contributed by atoms with Gasteiger partial charge in [0.05, 0.1) is 7.05 Å². The lowest BCUT2D eigenvalue weighted by molar-refractivity contribution is -0.660. The highest BCUT2D eigenvalue weighted by Crippen LogP contribution is 2.43. The second-order valence-corrected chi connectivity index (χ2v) is 9.28. The lowest BCUT2D eigenvalue weighted by Crippen LogP contribution is -2.45. The van der Waals surface area contributed by atoms with Crippen LogP contribution in [0.2, 0.25) is 0 Å². The number of nitrogens with zero attached hydrogens (tertiary/aromatic N) is 2. The van der Waals surface area contributed by atoms with Crippen LogP contribution >= 0.6 is 31.9 Å². The number of benzene rings is 3. The summed E-state index contributed by atoms with van der Waals surface area (Å²) in [6, 6.07) is 24.5.